The summed E-state index contributed by atoms with van der Waals surface area (Å²) in [6, 6.07) is 0. The molecule has 21 heavy (non-hydrogen) atoms. The molecule has 2 aliphatic rings. The van der Waals surface area contributed by atoms with Crippen LogP contribution in [0.15, 0.2) is 0 Å². The van der Waals surface area contributed by atoms with Gasteiger partial charge < -0.3 is 9.64 Å². The predicted octanol–water partition coefficient (Wildman–Crippen LogP) is 0.143. The van der Waals surface area contributed by atoms with Crippen molar-refractivity contribution in [2.24, 2.45) is 11.3 Å². The molecule has 2 rings (SSSR count). The molecule has 6 nitrogen and oxygen atoms in total. The normalized spacial score (nSPS) is 24.9. The number of nitrogens with two attached hydrogens (primary N) is 1. The summed E-state index contributed by atoms with van der Waals surface area (Å²) in [5, 5.41) is 1.89. The molecule has 0 bridgehead atoms. The van der Waals surface area contributed by atoms with Gasteiger partial charge in [-0.05, 0) is 39.8 Å². The fourth-order valence-electron chi connectivity index (χ4n) is 3.05. The molecule has 0 aliphatic carbocycles. The Kier molecular flexibility index (Phi) is 5.98. The third kappa shape index (κ3) is 4.64. The van der Waals surface area contributed by atoms with Crippen LogP contribution in [0, 0.1) is 5.41 Å². The Morgan fingerprint density at radius 2 is 1.57 bits per heavy atom. The third-order valence-electron chi connectivity index (χ3n) is 4.87. The average Bonchev–Trinajstić information content (AvgIpc) is 2.49. The molecule has 122 valence electrons. The molecular formula is C15H30N4O2. The van der Waals surface area contributed by atoms with E-state index >= 15 is 0 Å². The second-order valence-electron chi connectivity index (χ2n) is 6.50. The van der Waals surface area contributed by atoms with Crippen molar-refractivity contribution in [1.82, 2.24) is 14.8 Å². The number of piperidine rings is 1. The first-order valence-corrected chi connectivity index (χ1v) is 8.15. The number of likely N-dealkylation sites (tertiary alicyclic amines) is 1. The van der Waals surface area contributed by atoms with Crippen LogP contribution < -0.4 is 5.84 Å². The summed E-state index contributed by atoms with van der Waals surface area (Å²) in [5.41, 5.74) is -0.280. The van der Waals surface area contributed by atoms with Gasteiger partial charge in [0.2, 0.25) is 0 Å². The minimum absolute atomic E-state index is 0.0243. The molecule has 0 aromatic heterocycles. The van der Waals surface area contributed by atoms with Gasteiger partial charge >= 0.3 is 5.97 Å². The van der Waals surface area contributed by atoms with Crippen molar-refractivity contribution in [3.8, 4) is 0 Å². The lowest BCUT2D eigenvalue weighted by molar-refractivity contribution is -0.157. The summed E-state index contributed by atoms with van der Waals surface area (Å²) in [7, 11) is 0. The molecule has 0 radical (unpaired) electrons. The van der Waals surface area contributed by atoms with Gasteiger partial charge in [-0.1, -0.05) is 0 Å². The summed E-state index contributed by atoms with van der Waals surface area (Å²) < 4.78 is 5.20. The largest absolute Gasteiger partial charge is 0.466 e. The molecule has 2 saturated heterocycles. The van der Waals surface area contributed by atoms with Gasteiger partial charge in [0.1, 0.15) is 0 Å². The number of nitrogens with zero attached hydrogens (tertiary/aromatic N) is 3. The van der Waals surface area contributed by atoms with E-state index in [4.69, 9.17) is 10.6 Å². The molecule has 2 fully saturated rings. The predicted molar refractivity (Wildman–Crippen MR) is 82.6 cm³/mol. The van der Waals surface area contributed by atoms with Crippen molar-refractivity contribution in [3.05, 3.63) is 0 Å². The highest BCUT2D eigenvalue weighted by Gasteiger charge is 2.38. The SMILES string of the molecule is CCOC(=O)C1(C)CCN(CCN2CCN(N)CC2)CC1. The standard InChI is InChI=1S/C15H30N4O2/c1-3-21-14(20)15(2)4-6-17(7-5-15)8-9-18-10-12-19(16)13-11-18/h3-13,16H2,1-2H3. The van der Waals surface area contributed by atoms with Gasteiger partial charge in [0.05, 0.1) is 12.0 Å². The van der Waals surface area contributed by atoms with Crippen LogP contribution in [0.4, 0.5) is 0 Å². The fourth-order valence-corrected chi connectivity index (χ4v) is 3.05. The van der Waals surface area contributed by atoms with Crippen molar-refractivity contribution < 1.29 is 9.53 Å². The Morgan fingerprint density at radius 1 is 1.05 bits per heavy atom. The van der Waals surface area contributed by atoms with Crippen LogP contribution in [0.1, 0.15) is 26.7 Å². The quantitative estimate of drug-likeness (QED) is 0.575. The Bertz CT molecular complexity index is 335. The molecule has 0 aromatic rings. The second kappa shape index (κ2) is 7.54. The number of esters is 1. The minimum Gasteiger partial charge on any atom is -0.466 e. The monoisotopic (exact) mass is 298 g/mol. The van der Waals surface area contributed by atoms with Gasteiger partial charge in [-0.2, -0.15) is 0 Å². The molecule has 0 spiro atoms. The van der Waals surface area contributed by atoms with E-state index in [1.165, 1.54) is 0 Å². The van der Waals surface area contributed by atoms with E-state index in [0.29, 0.717) is 6.61 Å². The van der Waals surface area contributed by atoms with Crippen molar-refractivity contribution in [3.63, 3.8) is 0 Å². The Balaban J connectivity index is 1.68. The maximum atomic E-state index is 12.0. The van der Waals surface area contributed by atoms with Crippen LogP contribution >= 0.6 is 0 Å². The molecule has 2 N–H and O–H groups in total. The highest BCUT2D eigenvalue weighted by atomic mass is 16.5. The number of hydrogen-bond donors (Lipinski definition) is 1. The van der Waals surface area contributed by atoms with Crippen molar-refractivity contribution in [2.45, 2.75) is 26.7 Å². The van der Waals surface area contributed by atoms with Crippen LogP contribution in [0.3, 0.4) is 0 Å². The molecule has 0 aromatic carbocycles. The number of piperazine rings is 1. The van der Waals surface area contributed by atoms with Crippen molar-refractivity contribution in [1.29, 1.82) is 0 Å². The number of hydrazine groups is 1. The number of carbonyl (C=O) groups is 1. The molecule has 0 unspecified atom stereocenters. The van der Waals surface area contributed by atoms with Gasteiger partial charge in [0.25, 0.3) is 0 Å². The first kappa shape index (κ1) is 16.7. The van der Waals surface area contributed by atoms with Crippen LogP contribution in [0.25, 0.3) is 0 Å². The molecule has 0 atom stereocenters. The van der Waals surface area contributed by atoms with E-state index in [-0.39, 0.29) is 11.4 Å². The smallest absolute Gasteiger partial charge is 0.311 e. The maximum Gasteiger partial charge on any atom is 0.311 e. The van der Waals surface area contributed by atoms with Crippen molar-refractivity contribution >= 4 is 5.97 Å². The zero-order valence-corrected chi connectivity index (χ0v) is 13.5. The first-order chi connectivity index (χ1) is 10.0. The fraction of sp³-hybridized carbons (Fsp3) is 0.933. The van der Waals surface area contributed by atoms with Crippen molar-refractivity contribution in [2.75, 3.05) is 59.0 Å². The van der Waals surface area contributed by atoms with Gasteiger partial charge in [-0.25, -0.2) is 5.01 Å². The molecule has 6 heteroatoms. The van der Waals surface area contributed by atoms with Gasteiger partial charge in [-0.3, -0.25) is 15.5 Å². The topological polar surface area (TPSA) is 62.0 Å². The Labute approximate surface area is 128 Å². The lowest BCUT2D eigenvalue weighted by Crippen LogP contribution is -2.51. The summed E-state index contributed by atoms with van der Waals surface area (Å²) >= 11 is 0. The Morgan fingerprint density at radius 3 is 2.10 bits per heavy atom. The van der Waals surface area contributed by atoms with E-state index in [1.54, 1.807) is 0 Å². The van der Waals surface area contributed by atoms with Crippen LogP contribution in [0.2, 0.25) is 0 Å². The lowest BCUT2D eigenvalue weighted by Gasteiger charge is -2.39. The summed E-state index contributed by atoms with van der Waals surface area (Å²) in [6.07, 6.45) is 1.81. The molecule has 0 saturated carbocycles. The number of ether oxygens (including phenoxy) is 1. The van der Waals surface area contributed by atoms with E-state index in [2.05, 4.69) is 9.80 Å². The zero-order valence-electron chi connectivity index (χ0n) is 13.5. The Hall–Kier alpha value is -0.690. The highest BCUT2D eigenvalue weighted by Crippen LogP contribution is 2.32. The lowest BCUT2D eigenvalue weighted by atomic mass is 9.80. The number of rotatable bonds is 5. The van der Waals surface area contributed by atoms with E-state index in [1.807, 2.05) is 18.9 Å². The summed E-state index contributed by atoms with van der Waals surface area (Å²) in [5.74, 6) is 5.75. The minimum atomic E-state index is -0.280. The maximum absolute atomic E-state index is 12.0. The van der Waals surface area contributed by atoms with E-state index in [9.17, 15) is 4.79 Å². The van der Waals surface area contributed by atoms with Gasteiger partial charge in [-0.15, -0.1) is 0 Å². The first-order valence-electron chi connectivity index (χ1n) is 8.15. The van der Waals surface area contributed by atoms with E-state index in [0.717, 1.165) is 65.2 Å². The van der Waals surface area contributed by atoms with Crippen LogP contribution in [0.5, 0.6) is 0 Å². The van der Waals surface area contributed by atoms with Crippen LogP contribution in [-0.4, -0.2) is 79.7 Å². The average molecular weight is 298 g/mol. The molecule has 2 heterocycles. The van der Waals surface area contributed by atoms with Gasteiger partial charge in [0.15, 0.2) is 0 Å². The third-order valence-corrected chi connectivity index (χ3v) is 4.87. The highest BCUT2D eigenvalue weighted by molar-refractivity contribution is 5.76. The van der Waals surface area contributed by atoms with Gasteiger partial charge in [0, 0.05) is 39.3 Å². The molecule has 2 aliphatic heterocycles. The number of hydrogen-bond acceptors (Lipinski definition) is 6. The molecular weight excluding hydrogens is 268 g/mol. The summed E-state index contributed by atoms with van der Waals surface area (Å²) in [6.45, 7) is 12.6. The number of carbonyl (C=O) groups excluding carboxylic acids is 1. The second-order valence-corrected chi connectivity index (χ2v) is 6.50. The van der Waals surface area contributed by atoms with Crippen LogP contribution in [-0.2, 0) is 9.53 Å². The summed E-state index contributed by atoms with van der Waals surface area (Å²) in [4.78, 5) is 16.9. The zero-order chi connectivity index (χ0) is 15.3. The molecule has 0 amide bonds. The van der Waals surface area contributed by atoms with E-state index < -0.39 is 0 Å².